The highest BCUT2D eigenvalue weighted by molar-refractivity contribution is 5.76. The number of ether oxygens (including phenoxy) is 2. The van der Waals surface area contributed by atoms with E-state index in [-0.39, 0.29) is 0 Å². The average molecular weight is 191 g/mol. The third-order valence-electron chi connectivity index (χ3n) is 1.77. The van der Waals surface area contributed by atoms with Crippen molar-refractivity contribution in [1.82, 2.24) is 0 Å². The van der Waals surface area contributed by atoms with Gasteiger partial charge in [0.2, 0.25) is 6.29 Å². The van der Waals surface area contributed by atoms with E-state index in [1.165, 1.54) is 6.08 Å². The first kappa shape index (κ1) is 10.3. The van der Waals surface area contributed by atoms with Crippen LogP contribution in [0.5, 0.6) is 11.5 Å². The van der Waals surface area contributed by atoms with Crippen molar-refractivity contribution < 1.29 is 14.3 Å². The summed E-state index contributed by atoms with van der Waals surface area (Å²) >= 11 is 0. The van der Waals surface area contributed by atoms with Gasteiger partial charge in [0.15, 0.2) is 0 Å². The third-order valence-corrected chi connectivity index (χ3v) is 1.77. The molecule has 1 radical (unpaired) electrons. The highest BCUT2D eigenvalue weighted by Crippen LogP contribution is 2.24. The molecule has 0 N–H and O–H groups in total. The molecule has 0 atom stereocenters. The SMILES string of the molecule is COc1ccc(OC)c(C=C[C]=O)c1. The lowest BCUT2D eigenvalue weighted by atomic mass is 10.2. The van der Waals surface area contributed by atoms with Crippen molar-refractivity contribution in [3.05, 3.63) is 29.8 Å². The Kier molecular flexibility index (Phi) is 3.73. The number of rotatable bonds is 4. The van der Waals surface area contributed by atoms with Gasteiger partial charge in [-0.25, -0.2) is 0 Å². The second-order valence-corrected chi connectivity index (χ2v) is 2.56. The first-order valence-corrected chi connectivity index (χ1v) is 4.08. The molecule has 0 fully saturated rings. The van der Waals surface area contributed by atoms with Gasteiger partial charge in [-0.05, 0) is 30.4 Å². The normalized spacial score (nSPS) is 10.1. The average Bonchev–Trinajstić information content (AvgIpc) is 2.25. The smallest absolute Gasteiger partial charge is 0.225 e. The minimum absolute atomic E-state index is 0.692. The molecular weight excluding hydrogens is 180 g/mol. The predicted molar refractivity (Wildman–Crippen MR) is 54.3 cm³/mol. The summed E-state index contributed by atoms with van der Waals surface area (Å²) in [6.45, 7) is 0. The molecule has 0 spiro atoms. The fourth-order valence-electron chi connectivity index (χ4n) is 1.09. The van der Waals surface area contributed by atoms with E-state index in [1.807, 2.05) is 0 Å². The van der Waals surface area contributed by atoms with Crippen LogP contribution in [0.2, 0.25) is 0 Å². The zero-order chi connectivity index (χ0) is 10.4. The van der Waals surface area contributed by atoms with Crippen molar-refractivity contribution in [2.45, 2.75) is 0 Å². The van der Waals surface area contributed by atoms with Gasteiger partial charge in [0.1, 0.15) is 11.5 Å². The van der Waals surface area contributed by atoms with E-state index in [2.05, 4.69) is 0 Å². The number of carbonyl (C=O) groups excluding carboxylic acids is 1. The van der Waals surface area contributed by atoms with Crippen molar-refractivity contribution in [3.63, 3.8) is 0 Å². The van der Waals surface area contributed by atoms with Crippen molar-refractivity contribution in [2.24, 2.45) is 0 Å². The highest BCUT2D eigenvalue weighted by Gasteiger charge is 2.00. The summed E-state index contributed by atoms with van der Waals surface area (Å²) in [4.78, 5) is 10.0. The second-order valence-electron chi connectivity index (χ2n) is 2.56. The standard InChI is InChI=1S/C11H11O3/c1-13-10-5-6-11(14-2)9(8-10)4-3-7-12/h3-6,8H,1-2H3. The van der Waals surface area contributed by atoms with E-state index in [9.17, 15) is 4.79 Å². The van der Waals surface area contributed by atoms with Crippen LogP contribution >= 0.6 is 0 Å². The molecule has 0 amide bonds. The van der Waals surface area contributed by atoms with Crippen LogP contribution in [0.25, 0.3) is 6.08 Å². The Hall–Kier alpha value is -1.77. The Morgan fingerprint density at radius 3 is 2.64 bits per heavy atom. The number of hydrogen-bond acceptors (Lipinski definition) is 3. The van der Waals surface area contributed by atoms with Gasteiger partial charge in [-0.2, -0.15) is 0 Å². The Labute approximate surface area is 83.0 Å². The molecule has 3 heteroatoms. The van der Waals surface area contributed by atoms with Crippen molar-refractivity contribution in [1.29, 1.82) is 0 Å². The zero-order valence-electron chi connectivity index (χ0n) is 8.11. The molecule has 3 nitrogen and oxygen atoms in total. The topological polar surface area (TPSA) is 35.5 Å². The predicted octanol–water partition coefficient (Wildman–Crippen LogP) is 1.83. The molecular formula is C11H11O3. The fourth-order valence-corrected chi connectivity index (χ4v) is 1.09. The molecule has 73 valence electrons. The molecule has 0 saturated carbocycles. The largest absolute Gasteiger partial charge is 0.497 e. The fraction of sp³-hybridized carbons (Fsp3) is 0.182. The Morgan fingerprint density at radius 2 is 2.07 bits per heavy atom. The molecule has 0 aliphatic carbocycles. The first-order valence-electron chi connectivity index (χ1n) is 4.08. The van der Waals surface area contributed by atoms with E-state index >= 15 is 0 Å². The zero-order valence-corrected chi connectivity index (χ0v) is 8.11. The van der Waals surface area contributed by atoms with Gasteiger partial charge in [0.05, 0.1) is 14.2 Å². The van der Waals surface area contributed by atoms with E-state index in [0.29, 0.717) is 5.75 Å². The number of allylic oxidation sites excluding steroid dienone is 1. The molecule has 0 aliphatic rings. The molecule has 0 saturated heterocycles. The monoisotopic (exact) mass is 191 g/mol. The second kappa shape index (κ2) is 5.07. The molecule has 0 aromatic heterocycles. The summed E-state index contributed by atoms with van der Waals surface area (Å²) in [6.07, 6.45) is 4.59. The van der Waals surface area contributed by atoms with E-state index in [4.69, 9.17) is 9.47 Å². The highest BCUT2D eigenvalue weighted by atomic mass is 16.5. The van der Waals surface area contributed by atoms with E-state index in [0.717, 1.165) is 11.3 Å². The number of hydrogen-bond donors (Lipinski definition) is 0. The maximum absolute atomic E-state index is 10.0. The van der Waals surface area contributed by atoms with Crippen LogP contribution in [0, 0.1) is 0 Å². The van der Waals surface area contributed by atoms with Crippen LogP contribution in [-0.2, 0) is 4.79 Å². The Bertz CT molecular complexity index is 342. The van der Waals surface area contributed by atoms with E-state index in [1.54, 1.807) is 44.8 Å². The molecule has 0 unspecified atom stereocenters. The summed E-state index contributed by atoms with van der Waals surface area (Å²) in [6, 6.07) is 5.36. The summed E-state index contributed by atoms with van der Waals surface area (Å²) < 4.78 is 10.2. The molecule has 0 heterocycles. The van der Waals surface area contributed by atoms with Crippen LogP contribution in [-0.4, -0.2) is 20.5 Å². The molecule has 1 aromatic rings. The quantitative estimate of drug-likeness (QED) is 0.681. The molecule has 1 aromatic carbocycles. The lowest BCUT2D eigenvalue weighted by Crippen LogP contribution is -1.89. The molecule has 0 aliphatic heterocycles. The Morgan fingerprint density at radius 1 is 1.29 bits per heavy atom. The summed E-state index contributed by atoms with van der Waals surface area (Å²) in [5, 5.41) is 0. The van der Waals surface area contributed by atoms with Gasteiger partial charge in [-0.1, -0.05) is 0 Å². The van der Waals surface area contributed by atoms with Gasteiger partial charge in [-0.15, -0.1) is 0 Å². The number of methoxy groups -OCH3 is 2. The van der Waals surface area contributed by atoms with E-state index < -0.39 is 0 Å². The maximum Gasteiger partial charge on any atom is 0.225 e. The third kappa shape index (κ3) is 2.36. The Balaban J connectivity index is 3.07. The lowest BCUT2D eigenvalue weighted by Gasteiger charge is -2.06. The molecule has 14 heavy (non-hydrogen) atoms. The van der Waals surface area contributed by atoms with Crippen molar-refractivity contribution in [2.75, 3.05) is 14.2 Å². The molecule has 1 rings (SSSR count). The number of benzene rings is 1. The van der Waals surface area contributed by atoms with Crippen LogP contribution < -0.4 is 9.47 Å². The van der Waals surface area contributed by atoms with Crippen LogP contribution in [0.15, 0.2) is 24.3 Å². The van der Waals surface area contributed by atoms with Gasteiger partial charge < -0.3 is 9.47 Å². The maximum atomic E-state index is 10.0. The lowest BCUT2D eigenvalue weighted by molar-refractivity contribution is 0.402. The first-order chi connectivity index (χ1) is 6.81. The minimum Gasteiger partial charge on any atom is -0.497 e. The van der Waals surface area contributed by atoms with Crippen LogP contribution in [0.1, 0.15) is 5.56 Å². The summed E-state index contributed by atoms with van der Waals surface area (Å²) in [7, 11) is 3.16. The van der Waals surface area contributed by atoms with Gasteiger partial charge in [0.25, 0.3) is 0 Å². The van der Waals surface area contributed by atoms with Gasteiger partial charge in [-0.3, -0.25) is 4.79 Å². The van der Waals surface area contributed by atoms with Crippen molar-refractivity contribution in [3.8, 4) is 11.5 Å². The summed E-state index contributed by atoms with van der Waals surface area (Å²) in [5.74, 6) is 1.41. The van der Waals surface area contributed by atoms with Crippen molar-refractivity contribution >= 4 is 12.4 Å². The van der Waals surface area contributed by atoms with Crippen LogP contribution in [0.4, 0.5) is 0 Å². The minimum atomic E-state index is 0.692. The summed E-state index contributed by atoms with van der Waals surface area (Å²) in [5.41, 5.74) is 0.787. The molecule has 0 bridgehead atoms. The van der Waals surface area contributed by atoms with Gasteiger partial charge >= 0.3 is 0 Å². The van der Waals surface area contributed by atoms with Gasteiger partial charge in [0, 0.05) is 5.56 Å². The van der Waals surface area contributed by atoms with Crippen LogP contribution in [0.3, 0.4) is 0 Å².